The van der Waals surface area contributed by atoms with Crippen LogP contribution in [0.1, 0.15) is 0 Å². The van der Waals surface area contributed by atoms with Crippen LogP contribution in [0, 0.1) is 0 Å². The van der Waals surface area contributed by atoms with Crippen LogP contribution in [-0.4, -0.2) is 15.5 Å². The summed E-state index contributed by atoms with van der Waals surface area (Å²) in [5.41, 5.74) is 19.9. The lowest BCUT2D eigenvalue weighted by Gasteiger charge is -2.33. The van der Waals surface area contributed by atoms with Crippen molar-refractivity contribution in [2.75, 3.05) is 0 Å². The zero-order valence-corrected chi connectivity index (χ0v) is 38.2. The first-order valence-electron chi connectivity index (χ1n) is 24.5. The zero-order valence-electron chi connectivity index (χ0n) is 38.2. The molecule has 0 radical (unpaired) electrons. The van der Waals surface area contributed by atoms with Gasteiger partial charge in [0.05, 0.1) is 33.1 Å². The van der Waals surface area contributed by atoms with Crippen molar-refractivity contribution < 1.29 is 9.47 Å². The third kappa shape index (κ3) is 4.99. The molecule has 2 aliphatic rings. The summed E-state index contributed by atoms with van der Waals surface area (Å²) in [4.78, 5) is 0. The van der Waals surface area contributed by atoms with Crippen LogP contribution in [0.4, 0.5) is 0 Å². The van der Waals surface area contributed by atoms with Crippen molar-refractivity contribution in [3.63, 3.8) is 0 Å². The number of benzene rings is 11. The summed E-state index contributed by atoms with van der Waals surface area (Å²) in [6.07, 6.45) is 0. The number of aromatic nitrogens is 2. The van der Waals surface area contributed by atoms with Gasteiger partial charge in [0, 0.05) is 48.6 Å². The summed E-state index contributed by atoms with van der Waals surface area (Å²) in [7, 11) is 0. The van der Waals surface area contributed by atoms with Crippen molar-refractivity contribution >= 4 is 99.3 Å². The predicted molar refractivity (Wildman–Crippen MR) is 295 cm³/mol. The molecule has 17 rings (SSSR count). The molecular formula is C66H37BN2O2. The zero-order chi connectivity index (χ0) is 46.1. The molecule has 4 aromatic heterocycles. The largest absolute Gasteiger partial charge is 0.456 e. The minimum absolute atomic E-state index is 0.138. The van der Waals surface area contributed by atoms with Gasteiger partial charge in [-0.1, -0.05) is 164 Å². The maximum Gasteiger partial charge on any atom is 0.260 e. The highest BCUT2D eigenvalue weighted by molar-refractivity contribution is 6.98. The maximum absolute atomic E-state index is 7.30. The topological polar surface area (TPSA) is 27.3 Å². The molecular weight excluding hydrogens is 864 g/mol. The monoisotopic (exact) mass is 900 g/mol. The smallest absolute Gasteiger partial charge is 0.260 e. The molecule has 0 unspecified atom stereocenters. The van der Waals surface area contributed by atoms with Gasteiger partial charge in [0.1, 0.15) is 23.0 Å². The molecule has 0 fully saturated rings. The van der Waals surface area contributed by atoms with E-state index < -0.39 is 0 Å². The van der Waals surface area contributed by atoms with Crippen LogP contribution in [0.5, 0.6) is 23.0 Å². The molecule has 4 nitrogen and oxygen atoms in total. The van der Waals surface area contributed by atoms with Crippen molar-refractivity contribution in [2.45, 2.75) is 0 Å². The van der Waals surface area contributed by atoms with E-state index >= 15 is 0 Å². The van der Waals surface area contributed by atoms with Gasteiger partial charge in [-0.3, -0.25) is 0 Å². The number of ether oxygens (including phenoxy) is 2. The lowest BCUT2D eigenvalue weighted by atomic mass is 9.34. The Bertz CT molecular complexity index is 4430. The third-order valence-electron chi connectivity index (χ3n) is 15.9. The predicted octanol–water partition coefficient (Wildman–Crippen LogP) is 15.4. The van der Waals surface area contributed by atoms with Crippen LogP contribution in [0.2, 0.25) is 0 Å². The van der Waals surface area contributed by atoms with Crippen molar-refractivity contribution in [2.24, 2.45) is 0 Å². The van der Waals surface area contributed by atoms with Gasteiger partial charge >= 0.3 is 0 Å². The Hall–Kier alpha value is -9.32. The van der Waals surface area contributed by atoms with E-state index in [0.29, 0.717) is 0 Å². The van der Waals surface area contributed by atoms with E-state index in [1.54, 1.807) is 0 Å². The van der Waals surface area contributed by atoms with Crippen LogP contribution < -0.4 is 25.9 Å². The molecule has 0 aliphatic carbocycles. The lowest BCUT2D eigenvalue weighted by molar-refractivity contribution is 0.468. The molecule has 0 spiro atoms. The maximum atomic E-state index is 7.30. The van der Waals surface area contributed by atoms with Crippen LogP contribution in [-0.2, 0) is 0 Å². The first-order chi connectivity index (χ1) is 35.2. The molecule has 71 heavy (non-hydrogen) atoms. The fourth-order valence-corrected chi connectivity index (χ4v) is 12.8. The van der Waals surface area contributed by atoms with Crippen LogP contribution in [0.25, 0.3) is 121 Å². The van der Waals surface area contributed by atoms with Crippen molar-refractivity contribution in [1.82, 2.24) is 8.80 Å². The molecule has 5 heteroatoms. The number of rotatable bonds is 4. The van der Waals surface area contributed by atoms with E-state index in [2.05, 4.69) is 233 Å². The second-order valence-electron chi connectivity index (χ2n) is 19.5. The average Bonchev–Trinajstić information content (AvgIpc) is 4.18. The molecule has 6 heterocycles. The standard InChI is InChI=1S/C66H37BN2O2/c1-5-14-38(15-6-1)42-24-30-56-48(32-42)52-36-44(40-18-9-3-10-19-40)34-50-46-26-28-54-65(63(46)68(56)61(50)52)70-58-22-13-23-59-60(58)67(54)55-29-27-47-51-35-45(41-20-11-4-12-21-41)37-53-49-33-43(39-16-7-2-8-17-39)25-31-57(49)69(62(51)53)64(47)66(55)71-59/h1-37H. The van der Waals surface area contributed by atoms with Crippen molar-refractivity contribution in [3.8, 4) is 67.5 Å². The Morgan fingerprint density at radius 1 is 0.268 bits per heavy atom. The SMILES string of the molecule is c1ccc(-c2ccc3c(c2)c2cc(-c4ccccc4)cc4c5ccc6c(c5n3c24)Oc2cccc3c2B6c2ccc4c5cc(-c6ccccc6)cc6c7cc(-c8ccccc8)ccc7n(c4c2O3)c65)cc1. The van der Waals surface area contributed by atoms with E-state index in [0.717, 1.165) is 61.5 Å². The van der Waals surface area contributed by atoms with E-state index in [1.165, 1.54) is 98.6 Å². The van der Waals surface area contributed by atoms with Crippen molar-refractivity contribution in [1.29, 1.82) is 0 Å². The lowest BCUT2D eigenvalue weighted by Crippen LogP contribution is -2.57. The Labute approximate surface area is 407 Å². The van der Waals surface area contributed by atoms with Crippen LogP contribution in [0.3, 0.4) is 0 Å². The highest BCUT2D eigenvalue weighted by atomic mass is 16.5. The van der Waals surface area contributed by atoms with Crippen LogP contribution in [0.15, 0.2) is 224 Å². The highest BCUT2D eigenvalue weighted by Gasteiger charge is 2.43. The Kier molecular flexibility index (Phi) is 7.26. The first kappa shape index (κ1) is 37.6. The minimum Gasteiger partial charge on any atom is -0.456 e. The summed E-state index contributed by atoms with van der Waals surface area (Å²) in [5.74, 6) is 3.45. The normalized spacial score (nSPS) is 13.0. The van der Waals surface area contributed by atoms with Gasteiger partial charge in [-0.25, -0.2) is 0 Å². The van der Waals surface area contributed by atoms with Gasteiger partial charge in [-0.2, -0.15) is 0 Å². The van der Waals surface area contributed by atoms with Gasteiger partial charge < -0.3 is 18.3 Å². The summed E-state index contributed by atoms with van der Waals surface area (Å²) < 4.78 is 19.6. The molecule has 0 saturated carbocycles. The summed E-state index contributed by atoms with van der Waals surface area (Å²) in [6, 6.07) is 82.2. The van der Waals surface area contributed by atoms with E-state index in [1.807, 2.05) is 0 Å². The molecule has 2 aliphatic heterocycles. The van der Waals surface area contributed by atoms with Gasteiger partial charge in [0.25, 0.3) is 6.71 Å². The molecule has 11 aromatic carbocycles. The fourth-order valence-electron chi connectivity index (χ4n) is 12.8. The molecule has 0 atom stereocenters. The summed E-state index contributed by atoms with van der Waals surface area (Å²) in [5, 5.41) is 9.72. The second kappa shape index (κ2) is 13.7. The van der Waals surface area contributed by atoms with E-state index in [-0.39, 0.29) is 6.71 Å². The Morgan fingerprint density at radius 2 is 0.634 bits per heavy atom. The second-order valence-corrected chi connectivity index (χ2v) is 19.5. The van der Waals surface area contributed by atoms with Crippen LogP contribution >= 0.6 is 0 Å². The van der Waals surface area contributed by atoms with Crippen molar-refractivity contribution in [3.05, 3.63) is 224 Å². The molecule has 0 bridgehead atoms. The molecule has 15 aromatic rings. The van der Waals surface area contributed by atoms with Gasteiger partial charge in [0.15, 0.2) is 0 Å². The van der Waals surface area contributed by atoms with Gasteiger partial charge in [-0.15, -0.1) is 0 Å². The van der Waals surface area contributed by atoms with Gasteiger partial charge in [0.2, 0.25) is 0 Å². The highest BCUT2D eigenvalue weighted by Crippen LogP contribution is 2.49. The molecule has 0 saturated heterocycles. The number of nitrogens with zero attached hydrogens (tertiary/aromatic N) is 2. The molecule has 326 valence electrons. The third-order valence-corrected chi connectivity index (χ3v) is 15.9. The number of fused-ring (bicyclic) bond motifs is 18. The Morgan fingerprint density at radius 3 is 1.04 bits per heavy atom. The molecule has 0 N–H and O–H groups in total. The number of hydrogen-bond donors (Lipinski definition) is 0. The first-order valence-corrected chi connectivity index (χ1v) is 24.5. The fraction of sp³-hybridized carbons (Fsp3) is 0. The van der Waals surface area contributed by atoms with E-state index in [4.69, 9.17) is 9.47 Å². The van der Waals surface area contributed by atoms with E-state index in [9.17, 15) is 0 Å². The average molecular weight is 901 g/mol. The van der Waals surface area contributed by atoms with Gasteiger partial charge in [-0.05, 0) is 116 Å². The summed E-state index contributed by atoms with van der Waals surface area (Å²) >= 11 is 0. The number of hydrogen-bond acceptors (Lipinski definition) is 2. The quantitative estimate of drug-likeness (QED) is 0.165. The Balaban J connectivity index is 0.951. The summed E-state index contributed by atoms with van der Waals surface area (Å²) in [6.45, 7) is -0.138. The minimum atomic E-state index is -0.138. The molecule has 0 amide bonds.